The Labute approximate surface area is 53.2 Å². The molecule has 0 aliphatic rings. The van der Waals surface area contributed by atoms with Crippen LogP contribution in [0.5, 0.6) is 0 Å². The van der Waals surface area contributed by atoms with Gasteiger partial charge in [0.25, 0.3) is 0 Å². The van der Waals surface area contributed by atoms with Crippen LogP contribution in [-0.2, 0) is 0 Å². The predicted molar refractivity (Wildman–Crippen MR) is 18.3 cm³/mol. The Balaban J connectivity index is 0. The van der Waals surface area contributed by atoms with Crippen LogP contribution < -0.4 is 0 Å². The first-order chi connectivity index (χ1) is 0. The van der Waals surface area contributed by atoms with Crippen molar-refractivity contribution in [2.45, 2.75) is 0 Å². The fourth-order valence-electron chi connectivity index (χ4n) is 0. The van der Waals surface area contributed by atoms with Gasteiger partial charge in [0.15, 0.2) is 0 Å². The van der Waals surface area contributed by atoms with Crippen molar-refractivity contribution < 1.29 is 15.7 Å². The van der Waals surface area contributed by atoms with Gasteiger partial charge in [-0.05, 0) is 0 Å². The molecule has 0 amide bonds. The molecule has 4 N–H and O–H groups in total. The van der Waals surface area contributed by atoms with Crippen LogP contribution in [0.4, 0.5) is 4.70 Å². The molecule has 2 nitrogen and oxygen atoms in total. The molecule has 0 heterocycles. The molecule has 0 saturated carbocycles. The van der Waals surface area contributed by atoms with Crippen molar-refractivity contribution in [1.82, 2.24) is 0 Å². The van der Waals surface area contributed by atoms with Crippen LogP contribution >= 0.6 is 0 Å². The first-order valence-corrected chi connectivity index (χ1v) is 0. The number of hydrogen-bond acceptors (Lipinski definition) is 0. The van der Waals surface area contributed by atoms with E-state index in [1.165, 1.54) is 0 Å². The summed E-state index contributed by atoms with van der Waals surface area (Å²) in [7, 11) is 0. The topological polar surface area (TPSA) is 63.0 Å². The van der Waals surface area contributed by atoms with E-state index in [0.29, 0.717) is 0 Å². The summed E-state index contributed by atoms with van der Waals surface area (Å²) >= 11 is 0. The second-order valence-corrected chi connectivity index (χ2v) is 0. The van der Waals surface area contributed by atoms with Gasteiger partial charge in [-0.3, -0.25) is 4.70 Å². The molecule has 0 aliphatic carbocycles. The monoisotopic (exact) mass is 98.0 g/mol. The Morgan fingerprint density at radius 1 is 0.750 bits per heavy atom. The molecule has 0 spiro atoms. The van der Waals surface area contributed by atoms with Gasteiger partial charge < -0.3 is 11.0 Å². The summed E-state index contributed by atoms with van der Waals surface area (Å²) in [6, 6.07) is 0. The summed E-state index contributed by atoms with van der Waals surface area (Å²) in [5, 5.41) is 0. The van der Waals surface area contributed by atoms with E-state index in [2.05, 4.69) is 0 Å². The van der Waals surface area contributed by atoms with Gasteiger partial charge in [-0.2, -0.15) is 0 Å². The van der Waals surface area contributed by atoms with E-state index in [1.54, 1.807) is 0 Å². The van der Waals surface area contributed by atoms with Crippen molar-refractivity contribution in [3.05, 3.63) is 0 Å². The summed E-state index contributed by atoms with van der Waals surface area (Å²) in [5.74, 6) is 0. The van der Waals surface area contributed by atoms with Crippen molar-refractivity contribution in [2.24, 2.45) is 0 Å². The first kappa shape index (κ1) is 70.1. The van der Waals surface area contributed by atoms with Crippen LogP contribution in [0.3, 0.4) is 0 Å². The standard InChI is InChI=1S/Ca.FH.2H2O.2H/h;1H;2*1H2;;. The van der Waals surface area contributed by atoms with Crippen LogP contribution in [0, 0.1) is 0 Å². The zero-order valence-corrected chi connectivity index (χ0v) is 1.41. The average molecular weight is 98.1 g/mol. The average Bonchev–Trinajstić information content (AvgIpc) is 0. The Bertz CT molecular complexity index is 6.00. The van der Waals surface area contributed by atoms with E-state index >= 15 is 0 Å². The third-order valence-corrected chi connectivity index (χ3v) is 0. The Hall–Kier alpha value is 1.11. The molecule has 0 rings (SSSR count). The zero-order valence-electron chi connectivity index (χ0n) is 1.41. The molecular formula is H7CaFO2. The van der Waals surface area contributed by atoms with Gasteiger partial charge in [-0.15, -0.1) is 0 Å². The number of rotatable bonds is 0. The van der Waals surface area contributed by atoms with E-state index in [1.807, 2.05) is 0 Å². The Morgan fingerprint density at radius 3 is 0.750 bits per heavy atom. The summed E-state index contributed by atoms with van der Waals surface area (Å²) in [6.07, 6.45) is 0. The Kier molecular flexibility index (Phi) is 565. The third kappa shape index (κ3) is 11.2. The third-order valence-electron chi connectivity index (χ3n) is 0. The molecule has 0 unspecified atom stereocenters. The molecule has 0 aromatic heterocycles. The van der Waals surface area contributed by atoms with Gasteiger partial charge in [0.05, 0.1) is 0 Å². The number of hydrogen-bond donors (Lipinski definition) is 0. The molecule has 0 bridgehead atoms. The second kappa shape index (κ2) is 32.3. The predicted octanol–water partition coefficient (Wildman–Crippen LogP) is -2.41. The van der Waals surface area contributed by atoms with E-state index in [9.17, 15) is 0 Å². The quantitative estimate of drug-likeness (QED) is 0.303. The molecule has 0 radical (unpaired) electrons. The first-order valence-electron chi connectivity index (χ1n) is 0. The molecule has 28 valence electrons. The van der Waals surface area contributed by atoms with Gasteiger partial charge in [0.2, 0.25) is 0 Å². The van der Waals surface area contributed by atoms with Crippen LogP contribution in [0.2, 0.25) is 0 Å². The minimum absolute atomic E-state index is 0. The summed E-state index contributed by atoms with van der Waals surface area (Å²) < 4.78 is 0. The van der Waals surface area contributed by atoms with E-state index in [-0.39, 0.29) is 53.4 Å². The van der Waals surface area contributed by atoms with Crippen molar-refractivity contribution in [3.63, 3.8) is 0 Å². The fourth-order valence-corrected chi connectivity index (χ4v) is 0. The maximum atomic E-state index is 0. The normalized spacial score (nSPS) is 0. The van der Waals surface area contributed by atoms with Crippen LogP contribution in [0.1, 0.15) is 0 Å². The van der Waals surface area contributed by atoms with Crippen molar-refractivity contribution in [3.8, 4) is 0 Å². The molecule has 0 atom stereocenters. The van der Waals surface area contributed by atoms with Crippen LogP contribution in [0.15, 0.2) is 0 Å². The zero-order chi connectivity index (χ0) is 0. The van der Waals surface area contributed by atoms with Crippen LogP contribution in [0.25, 0.3) is 0 Å². The molecule has 0 aromatic rings. The summed E-state index contributed by atoms with van der Waals surface area (Å²) in [5.41, 5.74) is 0. The van der Waals surface area contributed by atoms with E-state index in [0.717, 1.165) is 0 Å². The van der Waals surface area contributed by atoms with Gasteiger partial charge >= 0.3 is 37.7 Å². The Morgan fingerprint density at radius 2 is 0.750 bits per heavy atom. The van der Waals surface area contributed by atoms with Gasteiger partial charge in [-0.25, -0.2) is 0 Å². The SMILES string of the molecule is F.O.O.[CaH2]. The summed E-state index contributed by atoms with van der Waals surface area (Å²) in [6.45, 7) is 0. The molecule has 4 heavy (non-hydrogen) atoms. The molecule has 4 heteroatoms. The molecule has 0 saturated heterocycles. The van der Waals surface area contributed by atoms with Crippen molar-refractivity contribution >= 4 is 37.7 Å². The van der Waals surface area contributed by atoms with Gasteiger partial charge in [-0.1, -0.05) is 0 Å². The van der Waals surface area contributed by atoms with Crippen LogP contribution in [-0.4, -0.2) is 48.7 Å². The summed E-state index contributed by atoms with van der Waals surface area (Å²) in [4.78, 5) is 0. The minimum atomic E-state index is 0. The molecule has 0 fully saturated rings. The fraction of sp³-hybridized carbons (Fsp3) is 0. The van der Waals surface area contributed by atoms with E-state index in [4.69, 9.17) is 0 Å². The van der Waals surface area contributed by atoms with Gasteiger partial charge in [0.1, 0.15) is 0 Å². The molecule has 0 aliphatic heterocycles. The van der Waals surface area contributed by atoms with Crippen molar-refractivity contribution in [2.75, 3.05) is 0 Å². The van der Waals surface area contributed by atoms with Gasteiger partial charge in [0, 0.05) is 0 Å². The second-order valence-electron chi connectivity index (χ2n) is 0. The maximum absolute atomic E-state index is 0. The molecule has 0 aromatic carbocycles. The van der Waals surface area contributed by atoms with E-state index < -0.39 is 0 Å². The van der Waals surface area contributed by atoms with Crippen molar-refractivity contribution in [1.29, 1.82) is 0 Å². The number of halogens is 1. The molecular weight excluding hydrogens is 91.1 g/mol.